The Hall–Kier alpha value is -2.68. The first-order valence-electron chi connectivity index (χ1n) is 8.84. The average Bonchev–Trinajstić information content (AvgIpc) is 2.60. The Morgan fingerprint density at radius 3 is 2.43 bits per heavy atom. The first-order valence-corrected chi connectivity index (χ1v) is 8.84. The Morgan fingerprint density at radius 2 is 1.79 bits per heavy atom. The minimum absolute atomic E-state index is 0.0243. The van der Waals surface area contributed by atoms with E-state index in [1.165, 1.54) is 6.08 Å². The third kappa shape index (κ3) is 2.35. The predicted molar refractivity (Wildman–Crippen MR) is 94.8 cm³/mol. The van der Waals surface area contributed by atoms with Gasteiger partial charge in [0, 0.05) is 23.5 Å². The van der Waals surface area contributed by atoms with E-state index < -0.39 is 53.6 Å². The molecule has 0 saturated carbocycles. The Kier molecular flexibility index (Phi) is 3.94. The summed E-state index contributed by atoms with van der Waals surface area (Å²) < 4.78 is 5.83. The normalized spacial score (nSPS) is 30.8. The number of allylic oxidation sites excluding steroid dienone is 3. The number of phenols is 2. The van der Waals surface area contributed by atoms with Crippen LogP contribution >= 0.6 is 0 Å². The van der Waals surface area contributed by atoms with Crippen molar-refractivity contribution in [2.24, 2.45) is 11.8 Å². The van der Waals surface area contributed by atoms with Crippen LogP contribution in [0.1, 0.15) is 34.6 Å². The highest BCUT2D eigenvalue weighted by atomic mass is 16.5. The molecule has 3 aliphatic rings. The van der Waals surface area contributed by atoms with Crippen molar-refractivity contribution in [2.45, 2.75) is 31.7 Å². The maximum absolute atomic E-state index is 13.2. The molecule has 0 spiro atoms. The summed E-state index contributed by atoms with van der Waals surface area (Å²) in [5.74, 6) is -4.03. The van der Waals surface area contributed by atoms with Crippen LogP contribution in [0.4, 0.5) is 0 Å². The molecule has 0 amide bonds. The number of carbonyl (C=O) groups excluding carboxylic acids is 2. The quantitative estimate of drug-likeness (QED) is 0.436. The van der Waals surface area contributed by atoms with Crippen LogP contribution in [0.25, 0.3) is 0 Å². The summed E-state index contributed by atoms with van der Waals surface area (Å²) in [5.41, 5.74) is -1.42. The van der Waals surface area contributed by atoms with Gasteiger partial charge in [-0.25, -0.2) is 0 Å². The van der Waals surface area contributed by atoms with Crippen LogP contribution in [0.2, 0.25) is 0 Å². The molecule has 1 aromatic carbocycles. The summed E-state index contributed by atoms with van der Waals surface area (Å²) in [7, 11) is 0. The van der Waals surface area contributed by atoms with Gasteiger partial charge in [-0.15, -0.1) is 0 Å². The molecule has 1 heterocycles. The molecule has 5 N–H and O–H groups in total. The van der Waals surface area contributed by atoms with Gasteiger partial charge in [-0.3, -0.25) is 9.59 Å². The highest BCUT2D eigenvalue weighted by Crippen LogP contribution is 2.51. The predicted octanol–water partition coefficient (Wildman–Crippen LogP) is 0.426. The summed E-state index contributed by atoms with van der Waals surface area (Å²) in [6.45, 7) is 2.74. The number of aliphatic hydroxyl groups excluding tert-OH is 3. The fourth-order valence-corrected chi connectivity index (χ4v) is 4.56. The van der Waals surface area contributed by atoms with Crippen molar-refractivity contribution >= 4 is 11.6 Å². The van der Waals surface area contributed by atoms with E-state index in [2.05, 4.69) is 0 Å². The van der Waals surface area contributed by atoms with Gasteiger partial charge < -0.3 is 30.3 Å². The molecule has 0 aromatic heterocycles. The standard InChI is InChI=1S/C20H20O8/c1-20(2)14-9(3-7(6-21)15(24)18(14)27)13-16(25)10-4-8(22)5-11(23)12(10)17(26)19(13)28-20/h3-5,9,14-15,18,21-24,27H,6H2,1-2H3/t9-,14+,15+,18+/m0/s1. The van der Waals surface area contributed by atoms with Gasteiger partial charge in [0.1, 0.15) is 23.2 Å². The minimum atomic E-state index is -1.33. The minimum Gasteiger partial charge on any atom is -0.508 e. The molecule has 0 bridgehead atoms. The average molecular weight is 388 g/mol. The van der Waals surface area contributed by atoms with Crippen molar-refractivity contribution in [1.29, 1.82) is 0 Å². The molecular formula is C20H20O8. The molecule has 0 unspecified atom stereocenters. The molecule has 8 nitrogen and oxygen atoms in total. The maximum atomic E-state index is 13.2. The Balaban J connectivity index is 1.98. The lowest BCUT2D eigenvalue weighted by Gasteiger charge is -2.50. The van der Waals surface area contributed by atoms with Crippen molar-refractivity contribution in [1.82, 2.24) is 0 Å². The number of carbonyl (C=O) groups is 2. The van der Waals surface area contributed by atoms with Crippen LogP contribution in [-0.2, 0) is 4.74 Å². The van der Waals surface area contributed by atoms with Gasteiger partial charge in [0.15, 0.2) is 11.5 Å². The van der Waals surface area contributed by atoms with E-state index in [1.807, 2.05) is 0 Å². The van der Waals surface area contributed by atoms with Gasteiger partial charge in [0.2, 0.25) is 5.78 Å². The monoisotopic (exact) mass is 388 g/mol. The number of ketones is 2. The van der Waals surface area contributed by atoms with E-state index in [1.54, 1.807) is 13.8 Å². The van der Waals surface area contributed by atoms with Crippen molar-refractivity contribution in [3.05, 3.63) is 46.2 Å². The smallest absolute Gasteiger partial charge is 0.232 e. The van der Waals surface area contributed by atoms with E-state index in [-0.39, 0.29) is 33.8 Å². The number of aromatic hydroxyl groups is 2. The van der Waals surface area contributed by atoms with Crippen LogP contribution in [0.5, 0.6) is 11.5 Å². The Morgan fingerprint density at radius 1 is 1.11 bits per heavy atom. The SMILES string of the molecule is CC1(C)OC2=C(C(=O)c3cc(O)cc(O)c3C2=O)[C@@H]2C=C(CO)[C@@H](O)[C@H](O)[C@@H]21. The van der Waals surface area contributed by atoms with Gasteiger partial charge in [-0.1, -0.05) is 6.08 Å². The maximum Gasteiger partial charge on any atom is 0.232 e. The van der Waals surface area contributed by atoms with Crippen molar-refractivity contribution in [3.8, 4) is 11.5 Å². The molecule has 1 aliphatic heterocycles. The largest absolute Gasteiger partial charge is 0.508 e. The lowest BCUT2D eigenvalue weighted by molar-refractivity contribution is -0.124. The molecule has 0 saturated heterocycles. The van der Waals surface area contributed by atoms with E-state index in [0.717, 1.165) is 12.1 Å². The molecule has 4 atom stereocenters. The zero-order valence-electron chi connectivity index (χ0n) is 15.2. The fraction of sp³-hybridized carbons (Fsp3) is 0.400. The van der Waals surface area contributed by atoms with Crippen LogP contribution in [0, 0.1) is 11.8 Å². The highest BCUT2D eigenvalue weighted by molar-refractivity contribution is 6.27. The van der Waals surface area contributed by atoms with E-state index in [9.17, 15) is 35.1 Å². The number of benzene rings is 1. The summed E-state index contributed by atoms with van der Waals surface area (Å²) in [4.78, 5) is 26.2. The number of hydrogen-bond acceptors (Lipinski definition) is 8. The fourth-order valence-electron chi connectivity index (χ4n) is 4.56. The molecule has 148 valence electrons. The lowest BCUT2D eigenvalue weighted by atomic mass is 9.63. The van der Waals surface area contributed by atoms with Gasteiger partial charge >= 0.3 is 0 Å². The number of hydrogen-bond donors (Lipinski definition) is 5. The number of aliphatic hydroxyl groups is 3. The number of Topliss-reactive ketones (excluding diaryl/α,β-unsaturated/α-hetero) is 2. The second-order valence-electron chi connectivity index (χ2n) is 7.88. The van der Waals surface area contributed by atoms with Gasteiger partial charge in [0.25, 0.3) is 0 Å². The van der Waals surface area contributed by atoms with Gasteiger partial charge in [-0.2, -0.15) is 0 Å². The third-order valence-electron chi connectivity index (χ3n) is 5.81. The first kappa shape index (κ1) is 18.7. The molecule has 28 heavy (non-hydrogen) atoms. The van der Waals surface area contributed by atoms with Crippen LogP contribution in [-0.4, -0.2) is 61.5 Å². The molecule has 2 aliphatic carbocycles. The number of phenolic OH excluding ortho intramolecular Hbond substituents is 2. The molecule has 0 radical (unpaired) electrons. The second-order valence-corrected chi connectivity index (χ2v) is 7.88. The number of fused-ring (bicyclic) bond motifs is 3. The Bertz CT molecular complexity index is 971. The van der Waals surface area contributed by atoms with Crippen molar-refractivity contribution < 1.29 is 39.9 Å². The zero-order valence-corrected chi connectivity index (χ0v) is 15.2. The lowest BCUT2D eigenvalue weighted by Crippen LogP contribution is -2.57. The summed E-state index contributed by atoms with van der Waals surface area (Å²) in [5, 5.41) is 50.3. The van der Waals surface area contributed by atoms with Crippen molar-refractivity contribution in [2.75, 3.05) is 6.61 Å². The summed E-state index contributed by atoms with van der Waals surface area (Å²) in [6, 6.07) is 2.06. The van der Waals surface area contributed by atoms with Crippen molar-refractivity contribution in [3.63, 3.8) is 0 Å². The highest BCUT2D eigenvalue weighted by Gasteiger charge is 2.56. The number of ether oxygens (including phenoxy) is 1. The summed E-state index contributed by atoms with van der Waals surface area (Å²) >= 11 is 0. The van der Waals surface area contributed by atoms with E-state index in [0.29, 0.717) is 0 Å². The van der Waals surface area contributed by atoms with Crippen LogP contribution in [0.15, 0.2) is 35.1 Å². The Labute approximate surface area is 160 Å². The molecule has 4 rings (SSSR count). The van der Waals surface area contributed by atoms with Gasteiger partial charge in [-0.05, 0) is 25.5 Å². The molecule has 1 aromatic rings. The third-order valence-corrected chi connectivity index (χ3v) is 5.81. The van der Waals surface area contributed by atoms with Crippen LogP contribution in [0.3, 0.4) is 0 Å². The molecular weight excluding hydrogens is 368 g/mol. The topological polar surface area (TPSA) is 145 Å². The molecule has 8 heteroatoms. The number of rotatable bonds is 1. The first-order chi connectivity index (χ1) is 13.1. The van der Waals surface area contributed by atoms with E-state index >= 15 is 0 Å². The van der Waals surface area contributed by atoms with E-state index in [4.69, 9.17) is 4.74 Å². The zero-order chi connectivity index (χ0) is 20.5. The van der Waals surface area contributed by atoms with Gasteiger partial charge in [0.05, 0.1) is 23.8 Å². The van der Waals surface area contributed by atoms with Crippen LogP contribution < -0.4 is 0 Å². The summed E-state index contributed by atoms with van der Waals surface area (Å²) in [6.07, 6.45) is -1.17. The molecule has 0 fully saturated rings. The second kappa shape index (κ2) is 5.91.